The molecule has 160 valence electrons. The van der Waals surface area contributed by atoms with E-state index in [2.05, 4.69) is 63.7 Å². The van der Waals surface area contributed by atoms with Gasteiger partial charge in [-0.05, 0) is 77.5 Å². The van der Waals surface area contributed by atoms with E-state index in [1.165, 1.54) is 0 Å². The van der Waals surface area contributed by atoms with Gasteiger partial charge in [0.05, 0.1) is 8.95 Å². The average Bonchev–Trinajstić information content (AvgIpc) is 2.77. The van der Waals surface area contributed by atoms with Crippen molar-refractivity contribution in [1.29, 1.82) is 0 Å². The van der Waals surface area contributed by atoms with Crippen LogP contribution in [0.25, 0.3) is 33.4 Å². The second-order valence-electron chi connectivity index (χ2n) is 6.82. The highest BCUT2D eigenvalue weighted by atomic mass is 79.9. The van der Waals surface area contributed by atoms with E-state index >= 15 is 0 Å². The SMILES string of the molecule is CCC(OO)c1ccccc1-c1c2cc(Br)c(=O)c(Br)c-2oc2c(Br)c([O-])c(Br)cc12. The second kappa shape index (κ2) is 8.96. The molecule has 0 bridgehead atoms. The van der Waals surface area contributed by atoms with Crippen LogP contribution in [-0.2, 0) is 4.89 Å². The predicted molar refractivity (Wildman–Crippen MR) is 132 cm³/mol. The first-order valence-electron chi connectivity index (χ1n) is 9.13. The van der Waals surface area contributed by atoms with Gasteiger partial charge < -0.3 is 9.52 Å². The normalized spacial score (nSPS) is 12.6. The lowest BCUT2D eigenvalue weighted by molar-refractivity contribution is -0.282. The molecule has 0 aromatic heterocycles. The summed E-state index contributed by atoms with van der Waals surface area (Å²) in [5.74, 6) is 0.0430. The number of fused-ring (bicyclic) bond motifs is 2. The summed E-state index contributed by atoms with van der Waals surface area (Å²) in [4.78, 5) is 17.3. The van der Waals surface area contributed by atoms with Gasteiger partial charge in [-0.1, -0.05) is 52.9 Å². The van der Waals surface area contributed by atoms with Crippen molar-refractivity contribution in [2.75, 3.05) is 0 Å². The van der Waals surface area contributed by atoms with Gasteiger partial charge in [0.2, 0.25) is 5.43 Å². The third-order valence-electron chi connectivity index (χ3n) is 5.08. The Morgan fingerprint density at radius 1 is 1.06 bits per heavy atom. The van der Waals surface area contributed by atoms with E-state index in [4.69, 9.17) is 9.30 Å². The molecule has 0 amide bonds. The highest BCUT2D eigenvalue weighted by Gasteiger charge is 2.26. The highest BCUT2D eigenvalue weighted by molar-refractivity contribution is 9.11. The van der Waals surface area contributed by atoms with Gasteiger partial charge in [0, 0.05) is 21.0 Å². The number of hydrogen-bond acceptors (Lipinski definition) is 5. The van der Waals surface area contributed by atoms with Crippen molar-refractivity contribution >= 4 is 74.7 Å². The van der Waals surface area contributed by atoms with E-state index in [1.807, 2.05) is 31.2 Å². The van der Waals surface area contributed by atoms with Gasteiger partial charge in [-0.25, -0.2) is 4.89 Å². The maximum Gasteiger partial charge on any atom is 0.210 e. The highest BCUT2D eigenvalue weighted by Crippen LogP contribution is 2.49. The Balaban J connectivity index is 2.28. The zero-order valence-electron chi connectivity index (χ0n) is 15.8. The molecular formula is C22H13Br4O5-. The largest absolute Gasteiger partial charge is 0.871 e. The van der Waals surface area contributed by atoms with Crippen LogP contribution in [0.1, 0.15) is 25.0 Å². The topological polar surface area (TPSA) is 82.7 Å². The van der Waals surface area contributed by atoms with E-state index in [9.17, 15) is 15.2 Å². The first kappa shape index (κ1) is 22.9. The van der Waals surface area contributed by atoms with E-state index in [1.54, 1.807) is 12.1 Å². The lowest BCUT2D eigenvalue weighted by Crippen LogP contribution is -2.08. The summed E-state index contributed by atoms with van der Waals surface area (Å²) in [6, 6.07) is 10.9. The van der Waals surface area contributed by atoms with Gasteiger partial charge in [0.1, 0.15) is 16.2 Å². The summed E-state index contributed by atoms with van der Waals surface area (Å²) < 4.78 is 7.29. The van der Waals surface area contributed by atoms with E-state index in [0.29, 0.717) is 37.7 Å². The summed E-state index contributed by atoms with van der Waals surface area (Å²) in [6.45, 7) is 1.90. The van der Waals surface area contributed by atoms with Crippen molar-refractivity contribution < 1.29 is 19.7 Å². The Morgan fingerprint density at radius 3 is 2.45 bits per heavy atom. The summed E-state index contributed by atoms with van der Waals surface area (Å²) in [5, 5.41) is 22.7. The molecule has 0 saturated carbocycles. The number of hydrogen-bond donors (Lipinski definition) is 1. The summed E-state index contributed by atoms with van der Waals surface area (Å²) >= 11 is 13.4. The Kier molecular flexibility index (Phi) is 6.63. The van der Waals surface area contributed by atoms with Crippen LogP contribution in [0.4, 0.5) is 0 Å². The Morgan fingerprint density at radius 2 is 1.77 bits per heavy atom. The van der Waals surface area contributed by atoms with Crippen molar-refractivity contribution in [2.45, 2.75) is 19.4 Å². The molecule has 0 fully saturated rings. The quantitative estimate of drug-likeness (QED) is 0.137. The number of halogens is 4. The van der Waals surface area contributed by atoms with Crippen molar-refractivity contribution in [3.05, 3.63) is 70.1 Å². The molecule has 0 radical (unpaired) electrons. The van der Waals surface area contributed by atoms with Gasteiger partial charge in [-0.15, -0.1) is 0 Å². The van der Waals surface area contributed by atoms with Gasteiger partial charge in [-0.3, -0.25) is 10.1 Å². The monoisotopic (exact) mass is 673 g/mol. The molecule has 1 aliphatic heterocycles. The van der Waals surface area contributed by atoms with Gasteiger partial charge in [-0.2, -0.15) is 0 Å². The minimum Gasteiger partial charge on any atom is -0.871 e. The zero-order chi connectivity index (χ0) is 22.4. The van der Waals surface area contributed by atoms with Crippen LogP contribution in [0.5, 0.6) is 5.75 Å². The maximum atomic E-state index is 12.6. The molecule has 1 aliphatic carbocycles. The van der Waals surface area contributed by atoms with Gasteiger partial charge in [0.25, 0.3) is 0 Å². The first-order chi connectivity index (χ1) is 14.8. The van der Waals surface area contributed by atoms with Crippen molar-refractivity contribution in [3.63, 3.8) is 0 Å². The predicted octanol–water partition coefficient (Wildman–Crippen LogP) is 7.63. The molecule has 31 heavy (non-hydrogen) atoms. The number of benzene rings is 3. The van der Waals surface area contributed by atoms with Crippen molar-refractivity contribution in [3.8, 4) is 28.2 Å². The standard InChI is InChI=1S/C22H14Br4O5/c1-2-15(31-29)9-5-3-4-6-10(9)16-11-7-13(23)19(27)17(25)21(11)30-22-12(16)8-14(24)20(28)18(22)26/h3-8,15,27,29H,2H2,1H3/p-1. The van der Waals surface area contributed by atoms with Crippen molar-refractivity contribution in [1.82, 2.24) is 0 Å². The molecule has 9 heteroatoms. The second-order valence-corrected chi connectivity index (χ2v) is 10.1. The molecule has 2 aliphatic rings. The third kappa shape index (κ3) is 3.79. The van der Waals surface area contributed by atoms with Crippen LogP contribution in [-0.4, -0.2) is 5.26 Å². The van der Waals surface area contributed by atoms with E-state index in [0.717, 1.165) is 16.7 Å². The summed E-state index contributed by atoms with van der Waals surface area (Å²) in [7, 11) is 0. The lowest BCUT2D eigenvalue weighted by Gasteiger charge is -2.23. The molecule has 4 rings (SSSR count). The fraction of sp³-hybridized carbons (Fsp3) is 0.136. The maximum absolute atomic E-state index is 12.6. The van der Waals surface area contributed by atoms with Crippen LogP contribution in [0.2, 0.25) is 0 Å². The zero-order valence-corrected chi connectivity index (χ0v) is 22.2. The Bertz CT molecular complexity index is 1340. The molecule has 2 aromatic rings. The van der Waals surface area contributed by atoms with E-state index in [-0.39, 0.29) is 20.1 Å². The number of rotatable bonds is 4. The molecule has 1 heterocycles. The molecule has 0 spiro atoms. The van der Waals surface area contributed by atoms with Crippen LogP contribution in [0.15, 0.2) is 63.5 Å². The molecule has 0 saturated heterocycles. The average molecular weight is 677 g/mol. The molecular weight excluding hydrogens is 664 g/mol. The Hall–Kier alpha value is -1.23. The Labute approximate surface area is 210 Å². The molecule has 1 N–H and O–H groups in total. The fourth-order valence-electron chi connectivity index (χ4n) is 3.63. The third-order valence-corrected chi connectivity index (χ3v) is 7.70. The van der Waals surface area contributed by atoms with Crippen molar-refractivity contribution in [2.24, 2.45) is 0 Å². The first-order valence-corrected chi connectivity index (χ1v) is 12.3. The van der Waals surface area contributed by atoms with Crippen LogP contribution < -0.4 is 10.5 Å². The van der Waals surface area contributed by atoms with Gasteiger partial charge >= 0.3 is 0 Å². The minimum atomic E-state index is -0.560. The molecule has 1 atom stereocenters. The molecule has 2 aromatic carbocycles. The lowest BCUT2D eigenvalue weighted by atomic mass is 9.88. The van der Waals surface area contributed by atoms with Crippen LogP contribution in [0, 0.1) is 0 Å². The smallest absolute Gasteiger partial charge is 0.210 e. The van der Waals surface area contributed by atoms with Crippen LogP contribution >= 0.6 is 63.7 Å². The van der Waals surface area contributed by atoms with E-state index < -0.39 is 6.10 Å². The van der Waals surface area contributed by atoms with Gasteiger partial charge in [0.15, 0.2) is 5.76 Å². The minimum absolute atomic E-state index is 0.241. The summed E-state index contributed by atoms with van der Waals surface area (Å²) in [6.07, 6.45) is -0.0219. The fourth-order valence-corrected chi connectivity index (χ4v) is 6.04. The van der Waals surface area contributed by atoms with Crippen LogP contribution in [0.3, 0.4) is 0 Å². The molecule has 1 unspecified atom stereocenters. The molecule has 5 nitrogen and oxygen atoms in total. The summed E-state index contributed by atoms with van der Waals surface area (Å²) in [5.41, 5.74) is 2.98.